The van der Waals surface area contributed by atoms with E-state index >= 15 is 0 Å². The maximum absolute atomic E-state index is 12.8. The van der Waals surface area contributed by atoms with E-state index in [4.69, 9.17) is 5.11 Å². The predicted molar refractivity (Wildman–Crippen MR) is 78.5 cm³/mol. The summed E-state index contributed by atoms with van der Waals surface area (Å²) in [6.07, 6.45) is 2.25. The van der Waals surface area contributed by atoms with Gasteiger partial charge in [-0.1, -0.05) is 38.8 Å². The van der Waals surface area contributed by atoms with Crippen molar-refractivity contribution in [3.8, 4) is 0 Å². The van der Waals surface area contributed by atoms with Crippen LogP contribution in [0, 0.1) is 5.82 Å². The third kappa shape index (κ3) is 5.94. The van der Waals surface area contributed by atoms with Gasteiger partial charge in [0.1, 0.15) is 11.9 Å². The fourth-order valence-electron chi connectivity index (χ4n) is 2.11. The molecule has 0 saturated heterocycles. The van der Waals surface area contributed by atoms with Gasteiger partial charge in [0, 0.05) is 6.42 Å². The van der Waals surface area contributed by atoms with Crippen molar-refractivity contribution in [2.24, 2.45) is 0 Å². The van der Waals surface area contributed by atoms with E-state index in [0.29, 0.717) is 6.42 Å². The van der Waals surface area contributed by atoms with Crippen molar-refractivity contribution in [3.05, 3.63) is 35.6 Å². The second kappa shape index (κ2) is 8.39. The first-order valence-electron chi connectivity index (χ1n) is 7.21. The van der Waals surface area contributed by atoms with E-state index in [1.165, 1.54) is 12.1 Å². The van der Waals surface area contributed by atoms with Gasteiger partial charge in [0.15, 0.2) is 0 Å². The SMILES string of the molecule is CCCCC(NC(=O)CC(C)c1ccc(F)cc1)C(=O)O. The number of aliphatic carboxylic acids is 1. The van der Waals surface area contributed by atoms with Crippen molar-refractivity contribution >= 4 is 11.9 Å². The van der Waals surface area contributed by atoms with Gasteiger partial charge in [-0.15, -0.1) is 0 Å². The molecule has 0 aliphatic heterocycles. The highest BCUT2D eigenvalue weighted by Gasteiger charge is 2.20. The highest BCUT2D eigenvalue weighted by atomic mass is 19.1. The summed E-state index contributed by atoms with van der Waals surface area (Å²) < 4.78 is 12.8. The maximum Gasteiger partial charge on any atom is 0.326 e. The minimum absolute atomic E-state index is 0.0915. The van der Waals surface area contributed by atoms with E-state index in [1.54, 1.807) is 12.1 Å². The largest absolute Gasteiger partial charge is 0.480 e. The molecule has 0 radical (unpaired) electrons. The third-order valence-electron chi connectivity index (χ3n) is 3.41. The number of carbonyl (C=O) groups is 2. The standard InChI is InChI=1S/C16H22FNO3/c1-3-4-5-14(16(20)21)18-15(19)10-11(2)12-6-8-13(17)9-7-12/h6-9,11,14H,3-5,10H2,1-2H3,(H,18,19)(H,20,21). The van der Waals surface area contributed by atoms with Crippen LogP contribution in [0.2, 0.25) is 0 Å². The Balaban J connectivity index is 2.54. The minimum Gasteiger partial charge on any atom is -0.480 e. The Hall–Kier alpha value is -1.91. The fourth-order valence-corrected chi connectivity index (χ4v) is 2.11. The summed E-state index contributed by atoms with van der Waals surface area (Å²) in [6, 6.07) is 5.15. The van der Waals surface area contributed by atoms with Crippen LogP contribution in [0.25, 0.3) is 0 Å². The molecule has 0 saturated carbocycles. The molecule has 2 atom stereocenters. The zero-order valence-corrected chi connectivity index (χ0v) is 12.4. The quantitative estimate of drug-likeness (QED) is 0.774. The molecule has 0 aliphatic carbocycles. The summed E-state index contributed by atoms with van der Waals surface area (Å²) in [5, 5.41) is 11.6. The number of carboxylic acid groups (broad SMARTS) is 1. The topological polar surface area (TPSA) is 66.4 Å². The molecule has 5 heteroatoms. The summed E-state index contributed by atoms with van der Waals surface area (Å²) in [5.74, 6) is -1.71. The number of nitrogens with one attached hydrogen (secondary N) is 1. The highest BCUT2D eigenvalue weighted by Crippen LogP contribution is 2.19. The van der Waals surface area contributed by atoms with Gasteiger partial charge in [-0.05, 0) is 30.0 Å². The summed E-state index contributed by atoms with van der Waals surface area (Å²) >= 11 is 0. The van der Waals surface area contributed by atoms with Crippen LogP contribution in [0.4, 0.5) is 4.39 Å². The van der Waals surface area contributed by atoms with Gasteiger partial charge in [-0.25, -0.2) is 9.18 Å². The molecule has 1 amide bonds. The summed E-state index contributed by atoms with van der Waals surface area (Å²) in [7, 11) is 0. The number of unbranched alkanes of at least 4 members (excludes halogenated alkanes) is 1. The smallest absolute Gasteiger partial charge is 0.326 e. The molecule has 21 heavy (non-hydrogen) atoms. The van der Waals surface area contributed by atoms with E-state index in [2.05, 4.69) is 5.32 Å². The van der Waals surface area contributed by atoms with Gasteiger partial charge < -0.3 is 10.4 Å². The van der Waals surface area contributed by atoms with Crippen molar-refractivity contribution in [3.63, 3.8) is 0 Å². The Bertz CT molecular complexity index is 473. The van der Waals surface area contributed by atoms with Crippen molar-refractivity contribution in [2.45, 2.75) is 51.5 Å². The average Bonchev–Trinajstić information content (AvgIpc) is 2.43. The Morgan fingerprint density at radius 1 is 1.29 bits per heavy atom. The van der Waals surface area contributed by atoms with Crippen molar-refractivity contribution in [1.82, 2.24) is 5.32 Å². The van der Waals surface area contributed by atoms with Crippen molar-refractivity contribution in [2.75, 3.05) is 0 Å². The van der Waals surface area contributed by atoms with E-state index in [-0.39, 0.29) is 24.1 Å². The molecule has 0 fully saturated rings. The fraction of sp³-hybridized carbons (Fsp3) is 0.500. The lowest BCUT2D eigenvalue weighted by Gasteiger charge is -2.16. The Morgan fingerprint density at radius 2 is 1.90 bits per heavy atom. The number of rotatable bonds is 8. The monoisotopic (exact) mass is 295 g/mol. The Kier molecular flexibility index (Phi) is 6.85. The molecule has 116 valence electrons. The third-order valence-corrected chi connectivity index (χ3v) is 3.41. The molecule has 0 bridgehead atoms. The molecule has 1 rings (SSSR count). The molecule has 0 heterocycles. The summed E-state index contributed by atoms with van der Waals surface area (Å²) in [5.41, 5.74) is 0.854. The van der Waals surface area contributed by atoms with Gasteiger partial charge in [0.25, 0.3) is 0 Å². The number of halogens is 1. The van der Waals surface area contributed by atoms with Gasteiger partial charge >= 0.3 is 5.97 Å². The van der Waals surface area contributed by atoms with E-state index in [9.17, 15) is 14.0 Å². The summed E-state index contributed by atoms with van der Waals surface area (Å²) in [6.45, 7) is 3.83. The number of hydrogen-bond acceptors (Lipinski definition) is 2. The van der Waals surface area contributed by atoms with Crippen molar-refractivity contribution < 1.29 is 19.1 Å². The number of carbonyl (C=O) groups excluding carboxylic acids is 1. The molecule has 0 aliphatic rings. The lowest BCUT2D eigenvalue weighted by molar-refractivity contribution is -0.142. The second-order valence-corrected chi connectivity index (χ2v) is 5.26. The molecular formula is C16H22FNO3. The Labute approximate surface area is 124 Å². The van der Waals surface area contributed by atoms with E-state index in [0.717, 1.165) is 18.4 Å². The van der Waals surface area contributed by atoms with Crippen LogP contribution >= 0.6 is 0 Å². The number of carboxylic acids is 1. The van der Waals surface area contributed by atoms with Crippen LogP contribution in [0.3, 0.4) is 0 Å². The molecule has 4 nitrogen and oxygen atoms in total. The van der Waals surface area contributed by atoms with Crippen molar-refractivity contribution in [1.29, 1.82) is 0 Å². The van der Waals surface area contributed by atoms with Gasteiger partial charge in [-0.3, -0.25) is 4.79 Å². The van der Waals surface area contributed by atoms with E-state index < -0.39 is 12.0 Å². The molecule has 0 spiro atoms. The molecule has 2 unspecified atom stereocenters. The van der Waals surface area contributed by atoms with Crippen LogP contribution in [0.15, 0.2) is 24.3 Å². The van der Waals surface area contributed by atoms with Crippen LogP contribution in [-0.2, 0) is 9.59 Å². The first-order chi connectivity index (χ1) is 9.93. The van der Waals surface area contributed by atoms with Gasteiger partial charge in [-0.2, -0.15) is 0 Å². The second-order valence-electron chi connectivity index (χ2n) is 5.26. The first kappa shape index (κ1) is 17.1. The maximum atomic E-state index is 12.8. The first-order valence-corrected chi connectivity index (χ1v) is 7.21. The molecule has 1 aromatic carbocycles. The van der Waals surface area contributed by atoms with Gasteiger partial charge in [0.05, 0.1) is 0 Å². The van der Waals surface area contributed by atoms with Crippen LogP contribution < -0.4 is 5.32 Å². The van der Waals surface area contributed by atoms with Crippen LogP contribution in [0.1, 0.15) is 51.0 Å². The highest BCUT2D eigenvalue weighted by molar-refractivity contribution is 5.83. The Morgan fingerprint density at radius 3 is 2.43 bits per heavy atom. The number of benzene rings is 1. The number of hydrogen-bond donors (Lipinski definition) is 2. The minimum atomic E-state index is -1.01. The average molecular weight is 295 g/mol. The summed E-state index contributed by atoms with van der Waals surface area (Å²) in [4.78, 5) is 23.0. The lowest BCUT2D eigenvalue weighted by atomic mass is 9.97. The molecule has 0 aromatic heterocycles. The molecular weight excluding hydrogens is 273 g/mol. The molecule has 2 N–H and O–H groups in total. The van der Waals surface area contributed by atoms with Gasteiger partial charge in [0.2, 0.25) is 5.91 Å². The zero-order chi connectivity index (χ0) is 15.8. The van der Waals surface area contributed by atoms with E-state index in [1.807, 2.05) is 13.8 Å². The normalized spacial score (nSPS) is 13.5. The predicted octanol–water partition coefficient (Wildman–Crippen LogP) is 3.08. The number of amides is 1. The molecule has 1 aromatic rings. The van der Waals surface area contributed by atoms with Crippen LogP contribution in [-0.4, -0.2) is 23.0 Å². The lowest BCUT2D eigenvalue weighted by Crippen LogP contribution is -2.41. The zero-order valence-electron chi connectivity index (χ0n) is 12.4. The van der Waals surface area contributed by atoms with Crippen LogP contribution in [0.5, 0.6) is 0 Å².